The molecule has 0 unspecified atom stereocenters. The molecule has 28 heavy (non-hydrogen) atoms. The van der Waals surface area contributed by atoms with Gasteiger partial charge in [-0.1, -0.05) is 43.7 Å². The number of benzene rings is 1. The van der Waals surface area contributed by atoms with Crippen LogP contribution in [0.1, 0.15) is 31.7 Å². The van der Waals surface area contributed by atoms with Gasteiger partial charge in [0.05, 0.1) is 20.8 Å². The molecule has 1 rings (SSSR count). The molecule has 2 amide bonds. The third kappa shape index (κ3) is 10.6. The van der Waals surface area contributed by atoms with Crippen molar-refractivity contribution >= 4 is 6.03 Å². The van der Waals surface area contributed by atoms with Crippen molar-refractivity contribution in [2.24, 2.45) is 0 Å². The molecule has 0 aliphatic rings. The molecule has 0 aromatic heterocycles. The lowest BCUT2D eigenvalue weighted by molar-refractivity contribution is 0.136. The Hall–Kier alpha value is -2.47. The summed E-state index contributed by atoms with van der Waals surface area (Å²) >= 11 is 0. The van der Waals surface area contributed by atoms with Crippen molar-refractivity contribution in [1.29, 1.82) is 0 Å². The molecule has 0 bridgehead atoms. The average Bonchev–Trinajstić information content (AvgIpc) is 2.71. The maximum Gasteiger partial charge on any atom is 0.315 e. The maximum absolute atomic E-state index is 11.8. The molecule has 0 spiro atoms. The minimum atomic E-state index is -0.182. The molecule has 1 aromatic rings. The van der Waals surface area contributed by atoms with E-state index in [1.54, 1.807) is 14.2 Å². The van der Waals surface area contributed by atoms with E-state index in [4.69, 9.17) is 14.2 Å². The molecule has 0 aliphatic carbocycles. The van der Waals surface area contributed by atoms with E-state index in [2.05, 4.69) is 23.6 Å². The second kappa shape index (κ2) is 15.6. The molecule has 0 fully saturated rings. The van der Waals surface area contributed by atoms with Gasteiger partial charge in [0.2, 0.25) is 0 Å². The van der Waals surface area contributed by atoms with Gasteiger partial charge in [0.15, 0.2) is 11.5 Å². The highest BCUT2D eigenvalue weighted by Gasteiger charge is 2.05. The highest BCUT2D eigenvalue weighted by atomic mass is 16.5. The van der Waals surface area contributed by atoms with Gasteiger partial charge in [-0.25, -0.2) is 4.79 Å². The molecule has 6 nitrogen and oxygen atoms in total. The van der Waals surface area contributed by atoms with Crippen LogP contribution >= 0.6 is 0 Å². The van der Waals surface area contributed by atoms with E-state index in [-0.39, 0.29) is 6.03 Å². The number of allylic oxidation sites excluding steroid dienone is 2. The number of carbonyl (C=O) groups excluding carboxylic acids is 1. The summed E-state index contributed by atoms with van der Waals surface area (Å²) in [6, 6.07) is 5.57. The van der Waals surface area contributed by atoms with Crippen molar-refractivity contribution in [1.82, 2.24) is 10.6 Å². The van der Waals surface area contributed by atoms with Crippen molar-refractivity contribution in [2.75, 3.05) is 40.5 Å². The van der Waals surface area contributed by atoms with Crippen LogP contribution in [0.25, 0.3) is 0 Å². The Morgan fingerprint density at radius 1 is 1.04 bits per heavy atom. The molecule has 1 aromatic carbocycles. The third-order valence-corrected chi connectivity index (χ3v) is 3.98. The standard InChI is InChI=1S/C22H34N2O4/c1-4-5-16-28-17-10-8-6-7-9-14-23-22(25)24-15-13-19-11-12-20(26-2)21(18-19)27-3/h6-9,11-12,18H,4-5,10,13-17H2,1-3H3,(H2,23,24,25)/b8-6+,9-7+. The monoisotopic (exact) mass is 390 g/mol. The SMILES string of the molecule is CCCCOCC/C=C/C=C/CNC(=O)NCCc1ccc(OC)c(OC)c1. The lowest BCUT2D eigenvalue weighted by atomic mass is 10.1. The summed E-state index contributed by atoms with van der Waals surface area (Å²) in [5.41, 5.74) is 1.07. The number of hydrogen-bond acceptors (Lipinski definition) is 4. The Balaban J connectivity index is 2.12. The van der Waals surface area contributed by atoms with Crippen LogP contribution in [0.5, 0.6) is 11.5 Å². The fraction of sp³-hybridized carbons (Fsp3) is 0.500. The van der Waals surface area contributed by atoms with Gasteiger partial charge in [-0.05, 0) is 37.0 Å². The van der Waals surface area contributed by atoms with Crippen LogP contribution in [0.3, 0.4) is 0 Å². The lowest BCUT2D eigenvalue weighted by Gasteiger charge is -2.10. The molecule has 156 valence electrons. The van der Waals surface area contributed by atoms with Gasteiger partial charge in [0, 0.05) is 19.7 Å². The first kappa shape index (κ1) is 23.6. The summed E-state index contributed by atoms with van der Waals surface area (Å²) in [6.07, 6.45) is 11.8. The zero-order valence-electron chi connectivity index (χ0n) is 17.3. The summed E-state index contributed by atoms with van der Waals surface area (Å²) in [5.74, 6) is 1.39. The van der Waals surface area contributed by atoms with Gasteiger partial charge in [0.1, 0.15) is 0 Å². The molecule has 0 heterocycles. The van der Waals surface area contributed by atoms with Crippen LogP contribution < -0.4 is 20.1 Å². The highest BCUT2D eigenvalue weighted by molar-refractivity contribution is 5.73. The van der Waals surface area contributed by atoms with Gasteiger partial charge < -0.3 is 24.8 Å². The first-order valence-corrected chi connectivity index (χ1v) is 9.83. The molecule has 2 N–H and O–H groups in total. The number of rotatable bonds is 14. The normalized spacial score (nSPS) is 11.1. The van der Waals surface area contributed by atoms with Crippen molar-refractivity contribution < 1.29 is 19.0 Å². The third-order valence-electron chi connectivity index (χ3n) is 3.98. The quantitative estimate of drug-likeness (QED) is 0.374. The van der Waals surface area contributed by atoms with Crippen LogP contribution in [-0.2, 0) is 11.2 Å². The minimum absolute atomic E-state index is 0.182. The van der Waals surface area contributed by atoms with Crippen LogP contribution in [0.15, 0.2) is 42.5 Å². The molecular formula is C22H34N2O4. The Morgan fingerprint density at radius 2 is 1.82 bits per heavy atom. The number of unbranched alkanes of at least 4 members (excludes halogenated alkanes) is 1. The van der Waals surface area contributed by atoms with Gasteiger partial charge in [0.25, 0.3) is 0 Å². The number of amides is 2. The van der Waals surface area contributed by atoms with Gasteiger partial charge in [-0.3, -0.25) is 0 Å². The number of carbonyl (C=O) groups is 1. The second-order valence-corrected chi connectivity index (χ2v) is 6.19. The number of ether oxygens (including phenoxy) is 3. The maximum atomic E-state index is 11.8. The van der Waals surface area contributed by atoms with E-state index in [1.165, 1.54) is 0 Å². The molecule has 0 atom stereocenters. The first-order chi connectivity index (χ1) is 13.7. The topological polar surface area (TPSA) is 68.8 Å². The number of methoxy groups -OCH3 is 2. The largest absolute Gasteiger partial charge is 0.493 e. The van der Waals surface area contributed by atoms with Gasteiger partial charge >= 0.3 is 6.03 Å². The fourth-order valence-electron chi connectivity index (χ4n) is 2.39. The Bertz CT molecular complexity index is 615. The number of urea groups is 1. The molecular weight excluding hydrogens is 356 g/mol. The lowest BCUT2D eigenvalue weighted by Crippen LogP contribution is -2.36. The summed E-state index contributed by atoms with van der Waals surface area (Å²) < 4.78 is 16.0. The smallest absolute Gasteiger partial charge is 0.315 e. The summed E-state index contributed by atoms with van der Waals surface area (Å²) in [6.45, 7) is 4.78. The molecule has 0 saturated carbocycles. The number of nitrogens with one attached hydrogen (secondary N) is 2. The minimum Gasteiger partial charge on any atom is -0.493 e. The van der Waals surface area contributed by atoms with E-state index in [0.717, 1.165) is 38.0 Å². The Kier molecular flexibility index (Phi) is 13.1. The fourth-order valence-corrected chi connectivity index (χ4v) is 2.39. The van der Waals surface area contributed by atoms with Crippen molar-refractivity contribution in [3.05, 3.63) is 48.1 Å². The van der Waals surface area contributed by atoms with E-state index in [9.17, 15) is 4.79 Å². The van der Waals surface area contributed by atoms with E-state index < -0.39 is 0 Å². The molecule has 0 aliphatic heterocycles. The summed E-state index contributed by atoms with van der Waals surface area (Å²) in [4.78, 5) is 11.8. The van der Waals surface area contributed by atoms with E-state index in [0.29, 0.717) is 31.0 Å². The van der Waals surface area contributed by atoms with Gasteiger partial charge in [-0.2, -0.15) is 0 Å². The van der Waals surface area contributed by atoms with E-state index in [1.807, 2.05) is 36.4 Å². The van der Waals surface area contributed by atoms with E-state index >= 15 is 0 Å². The molecule has 0 saturated heterocycles. The first-order valence-electron chi connectivity index (χ1n) is 9.83. The van der Waals surface area contributed by atoms with Crippen molar-refractivity contribution in [2.45, 2.75) is 32.6 Å². The number of hydrogen-bond donors (Lipinski definition) is 2. The van der Waals surface area contributed by atoms with Crippen molar-refractivity contribution in [3.8, 4) is 11.5 Å². The molecule has 0 radical (unpaired) electrons. The van der Waals surface area contributed by atoms with Gasteiger partial charge in [-0.15, -0.1) is 0 Å². The Labute approximate surface area is 168 Å². The van der Waals surface area contributed by atoms with Crippen LogP contribution in [-0.4, -0.2) is 46.6 Å². The van der Waals surface area contributed by atoms with Crippen LogP contribution in [0.4, 0.5) is 4.79 Å². The Morgan fingerprint density at radius 3 is 2.57 bits per heavy atom. The predicted octanol–water partition coefficient (Wildman–Crippen LogP) is 3.86. The average molecular weight is 391 g/mol. The van der Waals surface area contributed by atoms with Crippen LogP contribution in [0.2, 0.25) is 0 Å². The highest BCUT2D eigenvalue weighted by Crippen LogP contribution is 2.27. The van der Waals surface area contributed by atoms with Crippen molar-refractivity contribution in [3.63, 3.8) is 0 Å². The summed E-state index contributed by atoms with van der Waals surface area (Å²) in [7, 11) is 3.22. The zero-order valence-corrected chi connectivity index (χ0v) is 17.3. The predicted molar refractivity (Wildman–Crippen MR) is 113 cm³/mol. The van der Waals surface area contributed by atoms with Crippen LogP contribution in [0, 0.1) is 0 Å². The molecule has 6 heteroatoms. The summed E-state index contributed by atoms with van der Waals surface area (Å²) in [5, 5.41) is 5.64. The zero-order chi connectivity index (χ0) is 20.5. The second-order valence-electron chi connectivity index (χ2n) is 6.19.